The number of hydrogen-bond acceptors (Lipinski definition) is 5. The van der Waals surface area contributed by atoms with E-state index in [-0.39, 0.29) is 5.91 Å². The maximum absolute atomic E-state index is 12.3. The van der Waals surface area contributed by atoms with Gasteiger partial charge in [0.2, 0.25) is 5.91 Å². The number of aromatic nitrogens is 1. The lowest BCUT2D eigenvalue weighted by atomic mass is 9.84. The van der Waals surface area contributed by atoms with Gasteiger partial charge < -0.3 is 10.1 Å². The maximum Gasteiger partial charge on any atom is 0.273 e. The lowest BCUT2D eigenvalue weighted by molar-refractivity contribution is -0.122. The van der Waals surface area contributed by atoms with Crippen LogP contribution in [0.25, 0.3) is 0 Å². The Hall–Kier alpha value is -1.28. The van der Waals surface area contributed by atoms with Crippen molar-refractivity contribution < 1.29 is 18.3 Å². The van der Waals surface area contributed by atoms with Crippen molar-refractivity contribution in [3.05, 3.63) is 10.6 Å². The minimum absolute atomic E-state index is 0.250. The molecule has 1 aromatic rings. The summed E-state index contributed by atoms with van der Waals surface area (Å²) in [5.74, 6) is 1.63. The molecule has 1 aromatic heterocycles. The maximum atomic E-state index is 12.3. The highest BCUT2D eigenvalue weighted by Gasteiger charge is 2.28. The number of fused-ring (bicyclic) bond motifs is 1. The summed E-state index contributed by atoms with van der Waals surface area (Å²) >= 11 is 1.41. The summed E-state index contributed by atoms with van der Waals surface area (Å²) in [6, 6.07) is 0.372. The van der Waals surface area contributed by atoms with Crippen LogP contribution in [-0.4, -0.2) is 48.0 Å². The molecule has 2 saturated carbocycles. The number of thiazole rings is 1. The molecule has 3 aliphatic rings. The molecule has 8 heteroatoms. The van der Waals surface area contributed by atoms with Crippen LogP contribution >= 0.6 is 11.3 Å². The molecule has 2 aliphatic carbocycles. The van der Waals surface area contributed by atoms with Crippen LogP contribution in [0.15, 0.2) is 0 Å². The molecule has 5 nitrogen and oxygen atoms in total. The van der Waals surface area contributed by atoms with Gasteiger partial charge in [0.05, 0.1) is 5.69 Å². The van der Waals surface area contributed by atoms with Crippen molar-refractivity contribution >= 4 is 17.2 Å². The van der Waals surface area contributed by atoms with E-state index in [2.05, 4.69) is 15.2 Å². The van der Waals surface area contributed by atoms with Gasteiger partial charge in [0, 0.05) is 30.4 Å². The molecular weight excluding hydrogens is 396 g/mol. The molecular formula is C21H31F2N3O2S. The van der Waals surface area contributed by atoms with Crippen LogP contribution in [0.3, 0.4) is 0 Å². The van der Waals surface area contributed by atoms with Crippen LogP contribution in [-0.2, 0) is 17.8 Å². The molecule has 0 unspecified atom stereocenters. The van der Waals surface area contributed by atoms with Crippen molar-refractivity contribution in [3.8, 4) is 5.19 Å². The number of carbonyl (C=O) groups is 1. The molecule has 29 heavy (non-hydrogen) atoms. The molecule has 2 heterocycles. The van der Waals surface area contributed by atoms with Gasteiger partial charge in [0.25, 0.3) is 11.6 Å². The smallest absolute Gasteiger partial charge is 0.273 e. The highest BCUT2D eigenvalue weighted by Crippen LogP contribution is 2.33. The second kappa shape index (κ2) is 9.69. The zero-order chi connectivity index (χ0) is 20.2. The molecule has 0 spiro atoms. The van der Waals surface area contributed by atoms with E-state index in [4.69, 9.17) is 4.74 Å². The number of ether oxygens (including phenoxy) is 1. The number of nitrogens with zero attached hydrogens (tertiary/aromatic N) is 2. The summed E-state index contributed by atoms with van der Waals surface area (Å²) in [5, 5.41) is 3.61. The van der Waals surface area contributed by atoms with Crippen molar-refractivity contribution in [2.24, 2.45) is 11.8 Å². The van der Waals surface area contributed by atoms with Gasteiger partial charge in [-0.1, -0.05) is 11.3 Å². The van der Waals surface area contributed by atoms with Gasteiger partial charge in [0.1, 0.15) is 0 Å². The van der Waals surface area contributed by atoms with E-state index < -0.39 is 13.0 Å². The molecule has 1 N–H and O–H groups in total. The highest BCUT2D eigenvalue weighted by atomic mass is 32.1. The van der Waals surface area contributed by atoms with E-state index >= 15 is 0 Å². The lowest BCUT2D eigenvalue weighted by Crippen LogP contribution is -2.38. The SMILES string of the molecule is O=C(CC1CC1)NC1CCC(CCN2CCc3sc(OCC(F)F)nc3C2)CC1. The molecule has 1 aliphatic heterocycles. The fourth-order valence-electron chi connectivity index (χ4n) is 4.45. The lowest BCUT2D eigenvalue weighted by Gasteiger charge is -2.32. The number of carbonyl (C=O) groups excluding carboxylic acids is 1. The first-order chi connectivity index (χ1) is 14.0. The summed E-state index contributed by atoms with van der Waals surface area (Å²) in [6.07, 6.45) is 7.39. The Morgan fingerprint density at radius 3 is 2.69 bits per heavy atom. The van der Waals surface area contributed by atoms with Gasteiger partial charge in [-0.15, -0.1) is 0 Å². The van der Waals surface area contributed by atoms with Gasteiger partial charge in [-0.2, -0.15) is 0 Å². The Labute approximate surface area is 175 Å². The summed E-state index contributed by atoms with van der Waals surface area (Å²) < 4.78 is 29.7. The van der Waals surface area contributed by atoms with E-state index in [1.54, 1.807) is 0 Å². The third kappa shape index (κ3) is 6.35. The van der Waals surface area contributed by atoms with E-state index in [1.807, 2.05) is 0 Å². The van der Waals surface area contributed by atoms with E-state index in [9.17, 15) is 13.6 Å². The largest absolute Gasteiger partial charge is 0.464 e. The van der Waals surface area contributed by atoms with Gasteiger partial charge >= 0.3 is 0 Å². The van der Waals surface area contributed by atoms with Crippen LogP contribution in [0, 0.1) is 11.8 Å². The predicted octanol–water partition coefficient (Wildman–Crippen LogP) is 4.01. The first-order valence-corrected chi connectivity index (χ1v) is 11.8. The highest BCUT2D eigenvalue weighted by molar-refractivity contribution is 7.13. The van der Waals surface area contributed by atoms with Crippen molar-refractivity contribution in [2.75, 3.05) is 19.7 Å². The van der Waals surface area contributed by atoms with E-state index in [0.717, 1.165) is 56.9 Å². The quantitative estimate of drug-likeness (QED) is 0.647. The average molecular weight is 428 g/mol. The molecule has 2 fully saturated rings. The number of amides is 1. The van der Waals surface area contributed by atoms with Crippen LogP contribution in [0.2, 0.25) is 0 Å². The number of halogens is 2. The molecule has 0 atom stereocenters. The summed E-state index contributed by atoms with van der Waals surface area (Å²) in [4.78, 5) is 20.0. The van der Waals surface area contributed by atoms with Crippen molar-refractivity contribution in [1.29, 1.82) is 0 Å². The zero-order valence-corrected chi connectivity index (χ0v) is 17.7. The monoisotopic (exact) mass is 427 g/mol. The van der Waals surface area contributed by atoms with Gasteiger partial charge in [0.15, 0.2) is 6.61 Å². The summed E-state index contributed by atoms with van der Waals surface area (Å²) in [6.45, 7) is 2.25. The van der Waals surface area contributed by atoms with Crippen molar-refractivity contribution in [3.63, 3.8) is 0 Å². The Morgan fingerprint density at radius 2 is 1.97 bits per heavy atom. The fraction of sp³-hybridized carbons (Fsp3) is 0.810. The molecule has 0 radical (unpaired) electrons. The Balaban J connectivity index is 1.15. The van der Waals surface area contributed by atoms with E-state index in [0.29, 0.717) is 17.2 Å². The molecule has 4 rings (SSSR count). The third-order valence-corrected chi connectivity index (χ3v) is 7.43. The topological polar surface area (TPSA) is 54.5 Å². The fourth-order valence-corrected chi connectivity index (χ4v) is 5.36. The van der Waals surface area contributed by atoms with Gasteiger partial charge in [-0.3, -0.25) is 9.69 Å². The predicted molar refractivity (Wildman–Crippen MR) is 108 cm³/mol. The second-order valence-corrected chi connectivity index (χ2v) is 9.85. The summed E-state index contributed by atoms with van der Waals surface area (Å²) in [5.41, 5.74) is 0.993. The Morgan fingerprint density at radius 1 is 1.21 bits per heavy atom. The van der Waals surface area contributed by atoms with Crippen LogP contribution in [0.5, 0.6) is 5.19 Å². The summed E-state index contributed by atoms with van der Waals surface area (Å²) in [7, 11) is 0. The number of alkyl halides is 2. The van der Waals surface area contributed by atoms with Gasteiger partial charge in [-0.05, 0) is 69.7 Å². The molecule has 0 bridgehead atoms. The molecule has 0 aromatic carbocycles. The first-order valence-electron chi connectivity index (χ1n) is 11.0. The van der Waals surface area contributed by atoms with Crippen LogP contribution in [0.1, 0.15) is 61.9 Å². The number of hydrogen-bond donors (Lipinski definition) is 1. The van der Waals surface area contributed by atoms with E-state index in [1.165, 1.54) is 48.3 Å². The normalized spacial score (nSPS) is 25.1. The first kappa shape index (κ1) is 21.0. The molecule has 1 amide bonds. The minimum atomic E-state index is -2.46. The second-order valence-electron chi connectivity index (χ2n) is 8.80. The minimum Gasteiger partial charge on any atom is -0.464 e. The third-order valence-electron chi connectivity index (χ3n) is 6.36. The van der Waals surface area contributed by atoms with Crippen LogP contribution in [0.4, 0.5) is 8.78 Å². The van der Waals surface area contributed by atoms with Gasteiger partial charge in [-0.25, -0.2) is 13.8 Å². The number of rotatable bonds is 9. The van der Waals surface area contributed by atoms with Crippen LogP contribution < -0.4 is 10.1 Å². The standard InChI is InChI=1S/C21H31F2N3O2S/c22-19(23)13-28-21-25-17-12-26(10-8-18(17)29-21)9-7-14-3-5-16(6-4-14)24-20(27)11-15-1-2-15/h14-16,19H,1-13H2,(H,24,27). The Kier molecular flexibility index (Phi) is 7.00. The molecule has 162 valence electrons. The van der Waals surface area contributed by atoms with Crippen molar-refractivity contribution in [2.45, 2.75) is 76.8 Å². The molecule has 0 saturated heterocycles. The Bertz CT molecular complexity index is 687. The zero-order valence-electron chi connectivity index (χ0n) is 16.9. The van der Waals surface area contributed by atoms with Crippen molar-refractivity contribution in [1.82, 2.24) is 15.2 Å². The number of nitrogens with one attached hydrogen (secondary N) is 1. The average Bonchev–Trinajstić information content (AvgIpc) is 3.41.